The second-order valence-electron chi connectivity index (χ2n) is 9.29. The lowest BCUT2D eigenvalue weighted by molar-refractivity contribution is -0.0276. The van der Waals surface area contributed by atoms with Gasteiger partial charge in [0.1, 0.15) is 11.4 Å². The van der Waals surface area contributed by atoms with Crippen LogP contribution in [-0.4, -0.2) is 45.3 Å². The van der Waals surface area contributed by atoms with Crippen molar-refractivity contribution in [3.05, 3.63) is 89.2 Å². The number of aromatic nitrogens is 2. The SMILES string of the molecule is Cn1cc(CN2CCC(O)(c3ccc4oc(C(=O)NCCc5ccccc5F)cc4c3)CC2)cn1. The first-order valence-corrected chi connectivity index (χ1v) is 11.9. The maximum Gasteiger partial charge on any atom is 0.287 e. The molecule has 1 aliphatic rings. The maximum atomic E-state index is 13.8. The van der Waals surface area contributed by atoms with Crippen LogP contribution in [0.25, 0.3) is 11.0 Å². The summed E-state index contributed by atoms with van der Waals surface area (Å²) in [6.45, 7) is 2.69. The largest absolute Gasteiger partial charge is 0.451 e. The quantitative estimate of drug-likeness (QED) is 0.424. The molecule has 2 N–H and O–H groups in total. The second kappa shape index (κ2) is 9.64. The molecule has 1 fully saturated rings. The molecule has 35 heavy (non-hydrogen) atoms. The van der Waals surface area contributed by atoms with E-state index in [0.717, 1.165) is 36.1 Å². The number of aliphatic hydroxyl groups is 1. The van der Waals surface area contributed by atoms with Crippen molar-refractivity contribution in [3.63, 3.8) is 0 Å². The Hall–Kier alpha value is -3.49. The van der Waals surface area contributed by atoms with Gasteiger partial charge in [-0.2, -0.15) is 5.10 Å². The topological polar surface area (TPSA) is 83.5 Å². The lowest BCUT2D eigenvalue weighted by Gasteiger charge is -2.38. The van der Waals surface area contributed by atoms with E-state index in [-0.39, 0.29) is 17.5 Å². The molecule has 0 bridgehead atoms. The van der Waals surface area contributed by atoms with Gasteiger partial charge in [0.15, 0.2) is 5.76 Å². The van der Waals surface area contributed by atoms with Gasteiger partial charge in [-0.3, -0.25) is 14.4 Å². The lowest BCUT2D eigenvalue weighted by Crippen LogP contribution is -2.42. The lowest BCUT2D eigenvalue weighted by atomic mass is 9.84. The van der Waals surface area contributed by atoms with Crippen LogP contribution in [0.5, 0.6) is 0 Å². The van der Waals surface area contributed by atoms with E-state index in [1.165, 1.54) is 6.07 Å². The molecule has 182 valence electrons. The number of hydrogen-bond donors (Lipinski definition) is 2. The van der Waals surface area contributed by atoms with Crippen LogP contribution >= 0.6 is 0 Å². The Labute approximate surface area is 203 Å². The maximum absolute atomic E-state index is 13.8. The van der Waals surface area contributed by atoms with Crippen molar-refractivity contribution in [1.82, 2.24) is 20.0 Å². The second-order valence-corrected chi connectivity index (χ2v) is 9.29. The zero-order chi connectivity index (χ0) is 24.4. The van der Waals surface area contributed by atoms with Gasteiger partial charge >= 0.3 is 0 Å². The Morgan fingerprint density at radius 3 is 2.74 bits per heavy atom. The van der Waals surface area contributed by atoms with Crippen LogP contribution in [0.15, 0.2) is 65.3 Å². The standard InChI is InChI=1S/C27H29FN4O3/c1-31-17-19(16-30-31)18-32-12-9-27(34,10-13-32)22-6-7-24-21(14-22)15-25(35-24)26(33)29-11-8-20-4-2-3-5-23(20)28/h2-7,14-17,34H,8-13,18H2,1H3,(H,29,33). The number of benzene rings is 2. The highest BCUT2D eigenvalue weighted by Crippen LogP contribution is 2.35. The van der Waals surface area contributed by atoms with Crippen molar-refractivity contribution in [3.8, 4) is 0 Å². The molecule has 3 heterocycles. The molecule has 0 radical (unpaired) electrons. The molecule has 1 saturated heterocycles. The molecule has 4 aromatic rings. The normalized spacial score (nSPS) is 16.0. The van der Waals surface area contributed by atoms with Gasteiger partial charge in [0.2, 0.25) is 0 Å². The molecule has 7 nitrogen and oxygen atoms in total. The van der Waals surface area contributed by atoms with E-state index in [9.17, 15) is 14.3 Å². The molecule has 0 unspecified atom stereocenters. The monoisotopic (exact) mass is 476 g/mol. The highest BCUT2D eigenvalue weighted by Gasteiger charge is 2.34. The van der Waals surface area contributed by atoms with Crippen molar-refractivity contribution in [1.29, 1.82) is 0 Å². The first kappa shape index (κ1) is 23.3. The minimum atomic E-state index is -0.918. The summed E-state index contributed by atoms with van der Waals surface area (Å²) in [5.74, 6) is -0.427. The van der Waals surface area contributed by atoms with E-state index < -0.39 is 5.60 Å². The Morgan fingerprint density at radius 1 is 1.20 bits per heavy atom. The highest BCUT2D eigenvalue weighted by molar-refractivity contribution is 5.96. The van der Waals surface area contributed by atoms with E-state index in [0.29, 0.717) is 37.0 Å². The number of likely N-dealkylation sites (tertiary alicyclic amines) is 1. The van der Waals surface area contributed by atoms with Crippen molar-refractivity contribution >= 4 is 16.9 Å². The van der Waals surface area contributed by atoms with E-state index in [1.54, 1.807) is 35.0 Å². The van der Waals surface area contributed by atoms with Gasteiger partial charge in [-0.1, -0.05) is 24.3 Å². The fourth-order valence-corrected chi connectivity index (χ4v) is 4.73. The van der Waals surface area contributed by atoms with Crippen molar-refractivity contribution in [2.75, 3.05) is 19.6 Å². The number of carbonyl (C=O) groups excluding carboxylic acids is 1. The summed E-state index contributed by atoms with van der Waals surface area (Å²) < 4.78 is 21.3. The molecule has 1 aliphatic heterocycles. The number of rotatable bonds is 7. The minimum Gasteiger partial charge on any atom is -0.451 e. The van der Waals surface area contributed by atoms with Gasteiger partial charge in [-0.25, -0.2) is 4.39 Å². The molecular formula is C27H29FN4O3. The predicted molar refractivity (Wildman–Crippen MR) is 130 cm³/mol. The minimum absolute atomic E-state index is 0.198. The number of fused-ring (bicyclic) bond motifs is 1. The number of amides is 1. The van der Waals surface area contributed by atoms with Gasteiger partial charge in [0.25, 0.3) is 5.91 Å². The van der Waals surface area contributed by atoms with Gasteiger partial charge < -0.3 is 14.8 Å². The number of furan rings is 1. The van der Waals surface area contributed by atoms with Gasteiger partial charge in [-0.05, 0) is 54.7 Å². The molecule has 0 atom stereocenters. The number of carbonyl (C=O) groups is 1. The molecule has 2 aromatic heterocycles. The number of nitrogens with zero attached hydrogens (tertiary/aromatic N) is 3. The average molecular weight is 477 g/mol. The third-order valence-corrected chi connectivity index (χ3v) is 6.76. The molecule has 0 saturated carbocycles. The number of halogens is 1. The summed E-state index contributed by atoms with van der Waals surface area (Å²) >= 11 is 0. The third kappa shape index (κ3) is 5.13. The number of piperidine rings is 1. The number of aryl methyl sites for hydroxylation is 1. The smallest absolute Gasteiger partial charge is 0.287 e. The summed E-state index contributed by atoms with van der Waals surface area (Å²) in [5.41, 5.74) is 2.22. The molecule has 2 aromatic carbocycles. The van der Waals surface area contributed by atoms with Crippen LogP contribution < -0.4 is 5.32 Å². The summed E-state index contributed by atoms with van der Waals surface area (Å²) in [5, 5.41) is 19.2. The van der Waals surface area contributed by atoms with Crippen LogP contribution in [0.3, 0.4) is 0 Å². The van der Waals surface area contributed by atoms with Crippen molar-refractivity contribution in [2.24, 2.45) is 7.05 Å². The Kier molecular flexibility index (Phi) is 6.40. The molecule has 8 heteroatoms. The third-order valence-electron chi connectivity index (χ3n) is 6.76. The van der Waals surface area contributed by atoms with E-state index in [2.05, 4.69) is 15.3 Å². The number of nitrogens with one attached hydrogen (secondary N) is 1. The van der Waals surface area contributed by atoms with Gasteiger partial charge in [0.05, 0.1) is 11.8 Å². The summed E-state index contributed by atoms with van der Waals surface area (Å²) in [6.07, 6.45) is 5.54. The fourth-order valence-electron chi connectivity index (χ4n) is 4.73. The van der Waals surface area contributed by atoms with Crippen LogP contribution in [0.4, 0.5) is 4.39 Å². The Bertz CT molecular complexity index is 1340. The molecule has 0 aliphatic carbocycles. The molecule has 0 spiro atoms. The average Bonchev–Trinajstić information content (AvgIpc) is 3.47. The van der Waals surface area contributed by atoms with Crippen molar-refractivity contribution in [2.45, 2.75) is 31.4 Å². The van der Waals surface area contributed by atoms with Crippen molar-refractivity contribution < 1.29 is 18.7 Å². The van der Waals surface area contributed by atoms with E-state index in [4.69, 9.17) is 4.42 Å². The van der Waals surface area contributed by atoms with Crippen LogP contribution in [0, 0.1) is 5.82 Å². The fraction of sp³-hybridized carbons (Fsp3) is 0.333. The first-order chi connectivity index (χ1) is 16.9. The van der Waals surface area contributed by atoms with Gasteiger partial charge in [-0.15, -0.1) is 0 Å². The molecule has 1 amide bonds. The van der Waals surface area contributed by atoms with E-state index >= 15 is 0 Å². The Balaban J connectivity index is 1.21. The first-order valence-electron chi connectivity index (χ1n) is 11.9. The summed E-state index contributed by atoms with van der Waals surface area (Å²) in [6, 6.07) is 13.8. The predicted octanol–water partition coefficient (Wildman–Crippen LogP) is 3.76. The van der Waals surface area contributed by atoms with Crippen LogP contribution in [-0.2, 0) is 25.6 Å². The highest BCUT2D eigenvalue weighted by atomic mass is 19.1. The van der Waals surface area contributed by atoms with Crippen LogP contribution in [0.1, 0.15) is 40.1 Å². The van der Waals surface area contributed by atoms with Crippen LogP contribution in [0.2, 0.25) is 0 Å². The molecular weight excluding hydrogens is 447 g/mol. The molecule has 5 rings (SSSR count). The zero-order valence-electron chi connectivity index (χ0n) is 19.7. The summed E-state index contributed by atoms with van der Waals surface area (Å²) in [4.78, 5) is 14.9. The Morgan fingerprint density at radius 2 is 2.00 bits per heavy atom. The zero-order valence-corrected chi connectivity index (χ0v) is 19.7. The summed E-state index contributed by atoms with van der Waals surface area (Å²) in [7, 11) is 1.91. The van der Waals surface area contributed by atoms with Gasteiger partial charge in [0, 0.05) is 50.4 Å². The number of hydrogen-bond acceptors (Lipinski definition) is 5. The van der Waals surface area contributed by atoms with E-state index in [1.807, 2.05) is 31.6 Å².